The van der Waals surface area contributed by atoms with Gasteiger partial charge in [0.05, 0.1) is 18.0 Å². The fraction of sp³-hybridized carbons (Fsp3) is 0.267. The number of aromatic nitrogens is 4. The van der Waals surface area contributed by atoms with E-state index < -0.39 is 0 Å². The lowest BCUT2D eigenvalue weighted by molar-refractivity contribution is -0.113. The largest absolute Gasteiger partial charge is 0.454 e. The molecule has 3 rings (SSSR count). The highest BCUT2D eigenvalue weighted by atomic mass is 32.2. The van der Waals surface area contributed by atoms with E-state index in [1.165, 1.54) is 23.4 Å². The zero-order valence-electron chi connectivity index (χ0n) is 13.4. The minimum atomic E-state index is -0.292. The molecule has 1 aliphatic heterocycles. The molecule has 25 heavy (non-hydrogen) atoms. The number of tetrazole rings is 1. The van der Waals surface area contributed by atoms with Crippen LogP contribution in [-0.4, -0.2) is 44.4 Å². The number of carbonyl (C=O) groups excluding carboxylic acids is 2. The van der Waals surface area contributed by atoms with Crippen molar-refractivity contribution in [3.63, 3.8) is 0 Å². The number of allylic oxidation sites excluding steroid dienone is 1. The first-order valence-electron chi connectivity index (χ1n) is 7.32. The Morgan fingerprint density at radius 3 is 2.88 bits per heavy atom. The van der Waals surface area contributed by atoms with Gasteiger partial charge >= 0.3 is 0 Å². The highest BCUT2D eigenvalue weighted by Gasteiger charge is 2.20. The highest BCUT2D eigenvalue weighted by Crippen LogP contribution is 2.37. The molecule has 0 saturated heterocycles. The van der Waals surface area contributed by atoms with E-state index in [-0.39, 0.29) is 24.2 Å². The summed E-state index contributed by atoms with van der Waals surface area (Å²) in [5, 5.41) is 14.4. The Morgan fingerprint density at radius 1 is 1.40 bits per heavy atom. The molecule has 1 amide bonds. The van der Waals surface area contributed by atoms with Crippen molar-refractivity contribution in [2.24, 2.45) is 0 Å². The Balaban J connectivity index is 1.69. The minimum Gasteiger partial charge on any atom is -0.454 e. The molecule has 1 aliphatic rings. The quantitative estimate of drug-likeness (QED) is 0.449. The average molecular weight is 361 g/mol. The molecule has 1 aromatic heterocycles. The summed E-state index contributed by atoms with van der Waals surface area (Å²) in [5.41, 5.74) is 0.743. The van der Waals surface area contributed by atoms with Crippen LogP contribution >= 0.6 is 11.8 Å². The van der Waals surface area contributed by atoms with Crippen LogP contribution in [0, 0.1) is 0 Å². The van der Waals surface area contributed by atoms with Gasteiger partial charge in [0.25, 0.3) is 0 Å². The van der Waals surface area contributed by atoms with Crippen molar-refractivity contribution in [3.05, 3.63) is 30.4 Å². The van der Waals surface area contributed by atoms with Crippen molar-refractivity contribution in [2.45, 2.75) is 18.6 Å². The maximum absolute atomic E-state index is 12.2. The molecule has 0 spiro atoms. The maximum Gasteiger partial charge on any atom is 0.234 e. The maximum atomic E-state index is 12.2. The first kappa shape index (κ1) is 17.0. The Bertz CT molecular complexity index is 835. The lowest BCUT2D eigenvalue weighted by Gasteiger charge is -2.10. The van der Waals surface area contributed by atoms with Crippen molar-refractivity contribution >= 4 is 29.1 Å². The Kier molecular flexibility index (Phi) is 4.98. The number of hydrogen-bond donors (Lipinski definition) is 1. The third-order valence-electron chi connectivity index (χ3n) is 3.30. The van der Waals surface area contributed by atoms with E-state index in [4.69, 9.17) is 9.47 Å². The third kappa shape index (κ3) is 3.79. The van der Waals surface area contributed by atoms with Crippen LogP contribution in [0.25, 0.3) is 0 Å². The summed E-state index contributed by atoms with van der Waals surface area (Å²) in [6.07, 6.45) is 1.66. The number of benzene rings is 1. The van der Waals surface area contributed by atoms with Gasteiger partial charge in [-0.3, -0.25) is 9.59 Å². The van der Waals surface area contributed by atoms with Gasteiger partial charge in [-0.15, -0.1) is 11.7 Å². The van der Waals surface area contributed by atoms with E-state index >= 15 is 0 Å². The van der Waals surface area contributed by atoms with Crippen molar-refractivity contribution in [2.75, 3.05) is 17.9 Å². The van der Waals surface area contributed by atoms with Crippen LogP contribution in [0.1, 0.15) is 17.3 Å². The Morgan fingerprint density at radius 2 is 2.16 bits per heavy atom. The average Bonchev–Trinajstić information content (AvgIpc) is 3.21. The number of fused-ring (bicyclic) bond motifs is 1. The van der Waals surface area contributed by atoms with Crippen molar-refractivity contribution in [1.29, 1.82) is 0 Å². The number of ether oxygens (including phenoxy) is 2. The van der Waals surface area contributed by atoms with Gasteiger partial charge in [-0.2, -0.15) is 0 Å². The predicted molar refractivity (Wildman–Crippen MR) is 89.9 cm³/mol. The molecule has 2 aromatic rings. The standard InChI is InChI=1S/C15H15N5O4S/c1-3-4-20-15(17-18-19-20)25-7-14(22)16-11-6-13-12(23-8-24-13)5-10(11)9(2)21/h3,5-6H,1,4,7-8H2,2H3,(H,16,22). The van der Waals surface area contributed by atoms with Crippen molar-refractivity contribution in [3.8, 4) is 11.5 Å². The number of nitrogens with one attached hydrogen (secondary N) is 1. The lowest BCUT2D eigenvalue weighted by Crippen LogP contribution is -2.16. The molecule has 0 atom stereocenters. The fourth-order valence-corrected chi connectivity index (χ4v) is 2.88. The molecule has 0 radical (unpaired) electrons. The molecule has 0 unspecified atom stereocenters. The van der Waals surface area contributed by atoms with Crippen LogP contribution in [0.15, 0.2) is 29.9 Å². The van der Waals surface area contributed by atoms with Crippen LogP contribution in [0.3, 0.4) is 0 Å². The molecule has 0 bridgehead atoms. The molecule has 130 valence electrons. The molecule has 0 saturated carbocycles. The number of amides is 1. The smallest absolute Gasteiger partial charge is 0.234 e. The van der Waals surface area contributed by atoms with Gasteiger partial charge in [0.2, 0.25) is 17.9 Å². The molecule has 1 aromatic carbocycles. The number of hydrogen-bond acceptors (Lipinski definition) is 8. The van der Waals surface area contributed by atoms with E-state index in [1.807, 2.05) is 0 Å². The van der Waals surface area contributed by atoms with E-state index in [0.29, 0.717) is 34.5 Å². The van der Waals surface area contributed by atoms with Crippen LogP contribution in [0.4, 0.5) is 5.69 Å². The van der Waals surface area contributed by atoms with E-state index in [2.05, 4.69) is 27.4 Å². The first-order chi connectivity index (χ1) is 12.1. The number of thioether (sulfide) groups is 1. The Hall–Kier alpha value is -2.88. The third-order valence-corrected chi connectivity index (χ3v) is 4.26. The van der Waals surface area contributed by atoms with Crippen LogP contribution < -0.4 is 14.8 Å². The van der Waals surface area contributed by atoms with Crippen LogP contribution in [0.5, 0.6) is 11.5 Å². The summed E-state index contributed by atoms with van der Waals surface area (Å²) in [6.45, 7) is 5.59. The van der Waals surface area contributed by atoms with Gasteiger partial charge in [-0.1, -0.05) is 17.8 Å². The van der Waals surface area contributed by atoms with Gasteiger partial charge in [-0.05, 0) is 23.4 Å². The number of nitrogens with zero attached hydrogens (tertiary/aromatic N) is 4. The van der Waals surface area contributed by atoms with E-state index in [9.17, 15) is 9.59 Å². The van der Waals surface area contributed by atoms with Gasteiger partial charge < -0.3 is 14.8 Å². The molecule has 10 heteroatoms. The normalized spacial score (nSPS) is 12.0. The SMILES string of the molecule is C=CCn1nnnc1SCC(=O)Nc1cc2c(cc1C(C)=O)OCO2. The summed E-state index contributed by atoms with van der Waals surface area (Å²) in [4.78, 5) is 24.1. The fourth-order valence-electron chi connectivity index (χ4n) is 2.19. The number of carbonyl (C=O) groups is 2. The van der Waals surface area contributed by atoms with Crippen molar-refractivity contribution in [1.82, 2.24) is 20.2 Å². The second-order valence-corrected chi connectivity index (χ2v) is 6.02. The molecule has 9 nitrogen and oxygen atoms in total. The van der Waals surface area contributed by atoms with Gasteiger partial charge in [-0.25, -0.2) is 4.68 Å². The summed E-state index contributed by atoms with van der Waals surface area (Å²) < 4.78 is 12.1. The zero-order chi connectivity index (χ0) is 17.8. The summed E-state index contributed by atoms with van der Waals surface area (Å²) in [7, 11) is 0. The molecule has 1 N–H and O–H groups in total. The second-order valence-electron chi connectivity index (χ2n) is 5.08. The predicted octanol–water partition coefficient (Wildman–Crippen LogP) is 1.52. The minimum absolute atomic E-state index is 0.0866. The molecule has 0 fully saturated rings. The number of Topliss-reactive ketones (excluding diaryl/α,β-unsaturated/α-hetero) is 1. The molecular formula is C15H15N5O4S. The summed E-state index contributed by atoms with van der Waals surface area (Å²) in [5.74, 6) is 0.586. The van der Waals surface area contributed by atoms with Crippen LogP contribution in [-0.2, 0) is 11.3 Å². The summed E-state index contributed by atoms with van der Waals surface area (Å²) >= 11 is 1.19. The van der Waals surface area contributed by atoms with E-state index in [1.54, 1.807) is 18.2 Å². The number of rotatable bonds is 7. The topological polar surface area (TPSA) is 108 Å². The first-order valence-corrected chi connectivity index (χ1v) is 8.31. The Labute approximate surface area is 147 Å². The lowest BCUT2D eigenvalue weighted by atomic mass is 10.1. The zero-order valence-corrected chi connectivity index (χ0v) is 14.2. The second kappa shape index (κ2) is 7.34. The van der Waals surface area contributed by atoms with E-state index in [0.717, 1.165) is 0 Å². The van der Waals surface area contributed by atoms with Crippen molar-refractivity contribution < 1.29 is 19.1 Å². The monoisotopic (exact) mass is 361 g/mol. The van der Waals surface area contributed by atoms with Gasteiger partial charge in [0.1, 0.15) is 0 Å². The van der Waals surface area contributed by atoms with Crippen LogP contribution in [0.2, 0.25) is 0 Å². The molecular weight excluding hydrogens is 346 g/mol. The number of ketones is 1. The number of anilines is 1. The highest BCUT2D eigenvalue weighted by molar-refractivity contribution is 7.99. The van der Waals surface area contributed by atoms with Gasteiger partial charge in [0, 0.05) is 11.6 Å². The van der Waals surface area contributed by atoms with Gasteiger partial charge in [0.15, 0.2) is 17.3 Å². The molecule has 0 aliphatic carbocycles. The summed E-state index contributed by atoms with van der Waals surface area (Å²) in [6, 6.07) is 3.15. The molecule has 2 heterocycles.